The van der Waals surface area contributed by atoms with Crippen molar-refractivity contribution in [3.63, 3.8) is 0 Å². The molecule has 1 saturated heterocycles. The number of nitrogens with zero attached hydrogens (tertiary/aromatic N) is 2. The molecule has 0 aromatic heterocycles. The number of hydrogen-bond acceptors (Lipinski definition) is 2. The van der Waals surface area contributed by atoms with Gasteiger partial charge in [-0.25, -0.2) is 0 Å². The molecule has 1 aliphatic rings. The van der Waals surface area contributed by atoms with Crippen molar-refractivity contribution in [2.45, 2.75) is 18.9 Å². The molecule has 1 heterocycles. The summed E-state index contributed by atoms with van der Waals surface area (Å²) >= 11 is 2.44. The highest BCUT2D eigenvalue weighted by molar-refractivity contribution is 14.1. The first-order valence-corrected chi connectivity index (χ1v) is 5.71. The van der Waals surface area contributed by atoms with E-state index in [4.69, 9.17) is 0 Å². The zero-order chi connectivity index (χ0) is 8.27. The first kappa shape index (κ1) is 9.74. The molecule has 0 amide bonds. The Bertz CT molecular complexity index is 109. The Hall–Kier alpha value is 0.650. The fourth-order valence-electron chi connectivity index (χ4n) is 1.56. The molecule has 1 fully saturated rings. The first-order chi connectivity index (χ1) is 5.24. The lowest BCUT2D eigenvalue weighted by Crippen LogP contribution is -2.41. The predicted octanol–water partition coefficient (Wildman–Crippen LogP) is 1.40. The number of halogens is 1. The van der Waals surface area contributed by atoms with Crippen LogP contribution in [-0.2, 0) is 0 Å². The maximum atomic E-state index is 2.51. The molecule has 0 spiro atoms. The van der Waals surface area contributed by atoms with Crippen molar-refractivity contribution in [3.8, 4) is 0 Å². The fourth-order valence-corrected chi connectivity index (χ4v) is 2.24. The Morgan fingerprint density at radius 3 is 2.27 bits per heavy atom. The SMILES string of the molecule is CN(C)C1CCN(CI)CC1. The van der Waals surface area contributed by atoms with Crippen LogP contribution in [0.3, 0.4) is 0 Å². The van der Waals surface area contributed by atoms with Gasteiger partial charge in [-0.05, 0) is 26.9 Å². The van der Waals surface area contributed by atoms with Gasteiger partial charge in [-0.1, -0.05) is 22.6 Å². The fraction of sp³-hybridized carbons (Fsp3) is 1.00. The maximum Gasteiger partial charge on any atom is 0.0505 e. The van der Waals surface area contributed by atoms with E-state index in [0.717, 1.165) is 6.04 Å². The third-order valence-corrected chi connectivity index (χ3v) is 3.42. The predicted molar refractivity (Wildman–Crippen MR) is 57.2 cm³/mol. The van der Waals surface area contributed by atoms with Crippen molar-refractivity contribution in [1.82, 2.24) is 9.80 Å². The van der Waals surface area contributed by atoms with Crippen molar-refractivity contribution in [1.29, 1.82) is 0 Å². The Morgan fingerprint density at radius 1 is 1.36 bits per heavy atom. The molecule has 66 valence electrons. The summed E-state index contributed by atoms with van der Waals surface area (Å²) in [6.45, 7) is 2.57. The molecule has 0 unspecified atom stereocenters. The molecule has 0 radical (unpaired) electrons. The smallest absolute Gasteiger partial charge is 0.0505 e. The lowest BCUT2D eigenvalue weighted by molar-refractivity contribution is 0.164. The topological polar surface area (TPSA) is 6.48 Å². The van der Waals surface area contributed by atoms with Crippen LogP contribution in [0.15, 0.2) is 0 Å². The van der Waals surface area contributed by atoms with Crippen LogP contribution in [0.1, 0.15) is 12.8 Å². The van der Waals surface area contributed by atoms with Gasteiger partial charge in [0.25, 0.3) is 0 Å². The van der Waals surface area contributed by atoms with Gasteiger partial charge in [-0.15, -0.1) is 0 Å². The lowest BCUT2D eigenvalue weighted by Gasteiger charge is -2.34. The summed E-state index contributed by atoms with van der Waals surface area (Å²) in [7, 11) is 4.37. The van der Waals surface area contributed by atoms with E-state index in [-0.39, 0.29) is 0 Å². The maximum absolute atomic E-state index is 2.51. The zero-order valence-electron chi connectivity index (χ0n) is 7.39. The Kier molecular flexibility index (Phi) is 4.09. The first-order valence-electron chi connectivity index (χ1n) is 4.19. The molecule has 0 aromatic carbocycles. The second-order valence-corrected chi connectivity index (χ2v) is 4.11. The minimum Gasteiger partial charge on any atom is -0.306 e. The average molecular weight is 268 g/mol. The van der Waals surface area contributed by atoms with Crippen molar-refractivity contribution in [2.75, 3.05) is 31.7 Å². The van der Waals surface area contributed by atoms with Crippen molar-refractivity contribution < 1.29 is 0 Å². The number of likely N-dealkylation sites (tertiary alicyclic amines) is 1. The summed E-state index contributed by atoms with van der Waals surface area (Å²) in [5, 5.41) is 0. The molecule has 3 heteroatoms. The van der Waals surface area contributed by atoms with Crippen LogP contribution < -0.4 is 0 Å². The average Bonchev–Trinajstić information content (AvgIpc) is 2.05. The van der Waals surface area contributed by atoms with Gasteiger partial charge in [-0.2, -0.15) is 0 Å². The van der Waals surface area contributed by atoms with E-state index in [1.807, 2.05) is 0 Å². The van der Waals surface area contributed by atoms with Gasteiger partial charge in [0.15, 0.2) is 0 Å². The van der Waals surface area contributed by atoms with Crippen LogP contribution in [0.2, 0.25) is 0 Å². The molecule has 0 aromatic rings. The van der Waals surface area contributed by atoms with Crippen LogP contribution in [-0.4, -0.2) is 47.6 Å². The highest BCUT2D eigenvalue weighted by Gasteiger charge is 2.19. The number of alkyl halides is 1. The van der Waals surface area contributed by atoms with E-state index < -0.39 is 0 Å². The number of piperidine rings is 1. The Labute approximate surface area is 83.1 Å². The lowest BCUT2D eigenvalue weighted by atomic mass is 10.1. The van der Waals surface area contributed by atoms with Gasteiger partial charge < -0.3 is 4.90 Å². The molecule has 0 atom stereocenters. The summed E-state index contributed by atoms with van der Waals surface area (Å²) in [5.41, 5.74) is 0. The Balaban J connectivity index is 2.24. The van der Waals surface area contributed by atoms with E-state index in [1.165, 1.54) is 30.5 Å². The van der Waals surface area contributed by atoms with E-state index in [1.54, 1.807) is 0 Å². The number of rotatable bonds is 2. The van der Waals surface area contributed by atoms with Gasteiger partial charge >= 0.3 is 0 Å². The van der Waals surface area contributed by atoms with Crippen molar-refractivity contribution in [3.05, 3.63) is 0 Å². The third-order valence-electron chi connectivity index (χ3n) is 2.46. The van der Waals surface area contributed by atoms with Crippen LogP contribution in [0, 0.1) is 0 Å². The normalized spacial score (nSPS) is 22.9. The van der Waals surface area contributed by atoms with E-state index in [0.29, 0.717) is 0 Å². The van der Waals surface area contributed by atoms with Gasteiger partial charge in [0.2, 0.25) is 0 Å². The zero-order valence-corrected chi connectivity index (χ0v) is 9.54. The minimum absolute atomic E-state index is 0.828. The van der Waals surface area contributed by atoms with Gasteiger partial charge in [0.1, 0.15) is 0 Å². The minimum atomic E-state index is 0.828. The van der Waals surface area contributed by atoms with E-state index in [2.05, 4.69) is 46.5 Å². The van der Waals surface area contributed by atoms with Crippen LogP contribution in [0.25, 0.3) is 0 Å². The summed E-state index contributed by atoms with van der Waals surface area (Å²) < 4.78 is 1.19. The second kappa shape index (κ2) is 4.62. The van der Waals surface area contributed by atoms with E-state index in [9.17, 15) is 0 Å². The van der Waals surface area contributed by atoms with Crippen molar-refractivity contribution >= 4 is 22.6 Å². The summed E-state index contributed by atoms with van der Waals surface area (Å²) in [5.74, 6) is 0. The van der Waals surface area contributed by atoms with E-state index >= 15 is 0 Å². The van der Waals surface area contributed by atoms with Gasteiger partial charge in [0.05, 0.1) is 4.55 Å². The molecule has 0 bridgehead atoms. The highest BCUT2D eigenvalue weighted by Crippen LogP contribution is 2.14. The molecule has 0 saturated carbocycles. The largest absolute Gasteiger partial charge is 0.306 e. The van der Waals surface area contributed by atoms with Gasteiger partial charge in [0, 0.05) is 19.1 Å². The molecule has 11 heavy (non-hydrogen) atoms. The highest BCUT2D eigenvalue weighted by atomic mass is 127. The van der Waals surface area contributed by atoms with Crippen LogP contribution in [0.4, 0.5) is 0 Å². The van der Waals surface area contributed by atoms with Crippen molar-refractivity contribution in [2.24, 2.45) is 0 Å². The summed E-state index contributed by atoms with van der Waals surface area (Å²) in [6, 6.07) is 0.828. The van der Waals surface area contributed by atoms with Gasteiger partial charge in [-0.3, -0.25) is 4.90 Å². The number of hydrogen-bond donors (Lipinski definition) is 0. The second-order valence-electron chi connectivity index (χ2n) is 3.43. The molecule has 0 aliphatic carbocycles. The van der Waals surface area contributed by atoms with Crippen LogP contribution >= 0.6 is 22.6 Å². The molecular formula is C8H17IN2. The molecule has 1 rings (SSSR count). The summed E-state index contributed by atoms with van der Waals surface area (Å²) in [6.07, 6.45) is 2.69. The molecule has 1 aliphatic heterocycles. The molecule has 2 nitrogen and oxygen atoms in total. The quantitative estimate of drug-likeness (QED) is 0.424. The third kappa shape index (κ3) is 2.87. The molecular weight excluding hydrogens is 251 g/mol. The standard InChI is InChI=1S/C8H17IN2/c1-10(2)8-3-5-11(7-9)6-4-8/h8H,3-7H2,1-2H3. The monoisotopic (exact) mass is 268 g/mol. The van der Waals surface area contributed by atoms with Crippen LogP contribution in [0.5, 0.6) is 0 Å². The molecule has 0 N–H and O–H groups in total. The Morgan fingerprint density at radius 2 is 1.91 bits per heavy atom. The summed E-state index contributed by atoms with van der Waals surface area (Å²) in [4.78, 5) is 4.87.